The Morgan fingerprint density at radius 3 is 2.50 bits per heavy atom. The van der Waals surface area contributed by atoms with Crippen LogP contribution in [0.25, 0.3) is 16.8 Å². The standard InChI is InChI=1S/C20H24BNO3S/c1-14(23)26-13-18(21-24-19(2,3)20(4,5)25-21)11-15-6-7-17-12-22-9-8-16(17)10-15/h6-12H,13H2,1-5H3. The molecule has 0 unspecified atom stereocenters. The van der Waals surface area contributed by atoms with Crippen molar-refractivity contribution in [2.75, 3.05) is 5.75 Å². The monoisotopic (exact) mass is 369 g/mol. The Balaban J connectivity index is 1.94. The Bertz CT molecular complexity index is 847. The number of fused-ring (bicyclic) bond motifs is 1. The first-order valence-corrected chi connectivity index (χ1v) is 9.70. The van der Waals surface area contributed by atoms with Crippen LogP contribution in [0.3, 0.4) is 0 Å². The lowest BCUT2D eigenvalue weighted by Crippen LogP contribution is -2.41. The van der Waals surface area contributed by atoms with Crippen LogP contribution in [0.1, 0.15) is 40.2 Å². The van der Waals surface area contributed by atoms with Gasteiger partial charge in [0.1, 0.15) is 0 Å². The van der Waals surface area contributed by atoms with Crippen LogP contribution in [0.15, 0.2) is 42.1 Å². The van der Waals surface area contributed by atoms with Crippen LogP contribution in [-0.2, 0) is 14.1 Å². The van der Waals surface area contributed by atoms with Gasteiger partial charge in [-0.3, -0.25) is 9.78 Å². The van der Waals surface area contributed by atoms with E-state index in [9.17, 15) is 4.79 Å². The summed E-state index contributed by atoms with van der Waals surface area (Å²) in [6.07, 6.45) is 5.71. The van der Waals surface area contributed by atoms with E-state index in [4.69, 9.17) is 9.31 Å². The summed E-state index contributed by atoms with van der Waals surface area (Å²) >= 11 is 1.27. The van der Waals surface area contributed by atoms with Gasteiger partial charge in [0.15, 0.2) is 5.12 Å². The first-order chi connectivity index (χ1) is 12.2. The molecule has 0 N–H and O–H groups in total. The molecule has 2 aromatic rings. The van der Waals surface area contributed by atoms with E-state index in [-0.39, 0.29) is 5.12 Å². The fourth-order valence-corrected chi connectivity index (χ4v) is 3.35. The molecule has 0 bridgehead atoms. The van der Waals surface area contributed by atoms with E-state index in [0.29, 0.717) is 5.75 Å². The van der Waals surface area contributed by atoms with E-state index in [1.54, 1.807) is 13.1 Å². The maximum absolute atomic E-state index is 11.5. The first-order valence-electron chi connectivity index (χ1n) is 8.71. The Morgan fingerprint density at radius 1 is 1.15 bits per heavy atom. The number of thioether (sulfide) groups is 1. The van der Waals surface area contributed by atoms with Crippen LogP contribution in [0.4, 0.5) is 0 Å². The fourth-order valence-electron chi connectivity index (χ4n) is 2.76. The van der Waals surface area contributed by atoms with Crippen molar-refractivity contribution >= 4 is 40.8 Å². The van der Waals surface area contributed by atoms with Crippen molar-refractivity contribution < 1.29 is 14.1 Å². The van der Waals surface area contributed by atoms with Crippen molar-refractivity contribution in [3.05, 3.63) is 47.7 Å². The second-order valence-electron chi connectivity index (χ2n) is 7.57. The van der Waals surface area contributed by atoms with Gasteiger partial charge in [0, 0.05) is 30.5 Å². The van der Waals surface area contributed by atoms with Crippen LogP contribution in [0.5, 0.6) is 0 Å². The van der Waals surface area contributed by atoms with Crippen molar-refractivity contribution in [1.82, 2.24) is 4.98 Å². The van der Waals surface area contributed by atoms with E-state index in [1.807, 2.05) is 52.1 Å². The highest BCUT2D eigenvalue weighted by atomic mass is 32.2. The molecule has 2 heterocycles. The Morgan fingerprint density at radius 2 is 1.85 bits per heavy atom. The maximum Gasteiger partial charge on any atom is 0.491 e. The average Bonchev–Trinajstić information content (AvgIpc) is 2.79. The minimum Gasteiger partial charge on any atom is -0.400 e. The van der Waals surface area contributed by atoms with Gasteiger partial charge in [-0.1, -0.05) is 30.0 Å². The summed E-state index contributed by atoms with van der Waals surface area (Å²) in [6.45, 7) is 9.71. The molecule has 4 nitrogen and oxygen atoms in total. The van der Waals surface area contributed by atoms with Gasteiger partial charge in [0.2, 0.25) is 0 Å². The average molecular weight is 369 g/mol. The second kappa shape index (κ2) is 7.18. The van der Waals surface area contributed by atoms with Gasteiger partial charge in [0.25, 0.3) is 0 Å². The number of pyridine rings is 1. The van der Waals surface area contributed by atoms with Crippen LogP contribution in [0.2, 0.25) is 0 Å². The van der Waals surface area contributed by atoms with Crippen molar-refractivity contribution in [2.24, 2.45) is 0 Å². The quantitative estimate of drug-likeness (QED) is 0.741. The molecule has 26 heavy (non-hydrogen) atoms. The van der Waals surface area contributed by atoms with Gasteiger partial charge in [0.05, 0.1) is 11.2 Å². The number of carbonyl (C=O) groups excluding carboxylic acids is 1. The molecule has 1 saturated heterocycles. The predicted molar refractivity (Wildman–Crippen MR) is 109 cm³/mol. The summed E-state index contributed by atoms with van der Waals surface area (Å²) in [6, 6.07) is 8.20. The summed E-state index contributed by atoms with van der Waals surface area (Å²) in [4.78, 5) is 15.6. The minimum atomic E-state index is -0.458. The Labute approximate surface area is 159 Å². The van der Waals surface area contributed by atoms with Crippen LogP contribution in [0, 0.1) is 0 Å². The molecule has 0 atom stereocenters. The first kappa shape index (κ1) is 19.1. The number of hydrogen-bond donors (Lipinski definition) is 0. The summed E-state index contributed by atoms with van der Waals surface area (Å²) in [7, 11) is -0.458. The number of rotatable bonds is 4. The third kappa shape index (κ3) is 4.03. The maximum atomic E-state index is 11.5. The molecular weight excluding hydrogens is 345 g/mol. The molecule has 1 fully saturated rings. The number of hydrogen-bond acceptors (Lipinski definition) is 5. The molecule has 1 aliphatic rings. The zero-order valence-corrected chi connectivity index (χ0v) is 16.7. The van der Waals surface area contributed by atoms with E-state index in [0.717, 1.165) is 21.8 Å². The third-order valence-corrected chi connectivity index (χ3v) is 5.90. The van der Waals surface area contributed by atoms with Gasteiger partial charge in [-0.05, 0) is 56.2 Å². The van der Waals surface area contributed by atoms with Gasteiger partial charge < -0.3 is 9.31 Å². The van der Waals surface area contributed by atoms with Crippen molar-refractivity contribution in [3.8, 4) is 0 Å². The normalized spacial score (nSPS) is 19.1. The van der Waals surface area contributed by atoms with Crippen LogP contribution in [-0.4, -0.2) is 34.2 Å². The molecule has 0 radical (unpaired) electrons. The highest BCUT2D eigenvalue weighted by Gasteiger charge is 2.52. The Kier molecular flexibility index (Phi) is 5.29. The number of nitrogens with zero attached hydrogens (tertiary/aromatic N) is 1. The van der Waals surface area contributed by atoms with Crippen LogP contribution < -0.4 is 0 Å². The summed E-state index contributed by atoms with van der Waals surface area (Å²) in [5.74, 6) is 0.542. The van der Waals surface area contributed by atoms with Crippen molar-refractivity contribution in [3.63, 3.8) is 0 Å². The smallest absolute Gasteiger partial charge is 0.400 e. The number of aromatic nitrogens is 1. The van der Waals surface area contributed by atoms with Crippen molar-refractivity contribution in [1.29, 1.82) is 0 Å². The SMILES string of the molecule is CC(=O)SCC(=Cc1ccc2cnccc2c1)B1OC(C)(C)C(C)(C)O1. The molecule has 3 rings (SSSR count). The summed E-state index contributed by atoms with van der Waals surface area (Å²) < 4.78 is 12.4. The summed E-state index contributed by atoms with van der Waals surface area (Å²) in [5.41, 5.74) is 1.19. The van der Waals surface area contributed by atoms with E-state index in [2.05, 4.69) is 17.1 Å². The molecule has 0 amide bonds. The molecule has 6 heteroatoms. The zero-order chi connectivity index (χ0) is 18.9. The highest BCUT2D eigenvalue weighted by molar-refractivity contribution is 8.13. The molecule has 1 aromatic carbocycles. The fraction of sp³-hybridized carbons (Fsp3) is 0.400. The lowest BCUT2D eigenvalue weighted by molar-refractivity contribution is -0.109. The number of benzene rings is 1. The highest BCUT2D eigenvalue weighted by Crippen LogP contribution is 2.39. The molecular formula is C20H24BNO3S. The van der Waals surface area contributed by atoms with Gasteiger partial charge in [-0.25, -0.2) is 0 Å². The van der Waals surface area contributed by atoms with Gasteiger partial charge in [-0.2, -0.15) is 0 Å². The van der Waals surface area contributed by atoms with E-state index < -0.39 is 18.3 Å². The van der Waals surface area contributed by atoms with Crippen molar-refractivity contribution in [2.45, 2.75) is 45.8 Å². The lowest BCUT2D eigenvalue weighted by atomic mass is 9.78. The van der Waals surface area contributed by atoms with E-state index >= 15 is 0 Å². The van der Waals surface area contributed by atoms with Gasteiger partial charge >= 0.3 is 7.12 Å². The lowest BCUT2D eigenvalue weighted by Gasteiger charge is -2.32. The molecule has 1 aromatic heterocycles. The topological polar surface area (TPSA) is 48.4 Å². The molecule has 136 valence electrons. The third-order valence-electron chi connectivity index (χ3n) is 5.01. The molecule has 0 aliphatic carbocycles. The van der Waals surface area contributed by atoms with Gasteiger partial charge in [-0.15, -0.1) is 0 Å². The predicted octanol–water partition coefficient (Wildman–Crippen LogP) is 4.53. The Hall–Kier alpha value is -1.63. The van der Waals surface area contributed by atoms with Crippen LogP contribution >= 0.6 is 11.8 Å². The number of carbonyl (C=O) groups is 1. The minimum absolute atomic E-state index is 0.0806. The largest absolute Gasteiger partial charge is 0.491 e. The molecule has 0 spiro atoms. The molecule has 0 saturated carbocycles. The zero-order valence-electron chi connectivity index (χ0n) is 15.9. The molecule has 1 aliphatic heterocycles. The van der Waals surface area contributed by atoms with E-state index in [1.165, 1.54) is 11.8 Å². The summed E-state index contributed by atoms with van der Waals surface area (Å²) in [5, 5.41) is 2.30. The second-order valence-corrected chi connectivity index (χ2v) is 8.72.